The number of hydrogen-bond donors (Lipinski definition) is 0. The zero-order valence-corrected chi connectivity index (χ0v) is 12.5. The fraction of sp³-hybridized carbons (Fsp3) is 0.647. The molecule has 0 bridgehead atoms. The van der Waals surface area contributed by atoms with Crippen molar-refractivity contribution >= 4 is 0 Å². The summed E-state index contributed by atoms with van der Waals surface area (Å²) in [5.74, 6) is 1.20. The van der Waals surface area contributed by atoms with Crippen LogP contribution < -0.4 is 0 Å². The summed E-state index contributed by atoms with van der Waals surface area (Å²) in [5, 5.41) is 0. The molecule has 1 saturated heterocycles. The van der Waals surface area contributed by atoms with Crippen LogP contribution in [0.4, 0.5) is 4.39 Å². The van der Waals surface area contributed by atoms with E-state index < -0.39 is 0 Å². The first-order valence-corrected chi connectivity index (χ1v) is 7.60. The second-order valence-corrected chi connectivity index (χ2v) is 6.16. The summed E-state index contributed by atoms with van der Waals surface area (Å²) in [5.41, 5.74) is 2.27. The van der Waals surface area contributed by atoms with Gasteiger partial charge in [-0.25, -0.2) is 4.39 Å². The van der Waals surface area contributed by atoms with Crippen LogP contribution in [0.25, 0.3) is 0 Å². The van der Waals surface area contributed by atoms with Gasteiger partial charge in [0.05, 0.1) is 0 Å². The minimum atomic E-state index is -0.0850. The van der Waals surface area contributed by atoms with E-state index in [1.54, 1.807) is 12.1 Å². The van der Waals surface area contributed by atoms with Crippen molar-refractivity contribution in [1.29, 1.82) is 0 Å². The normalized spacial score (nSPS) is 19.6. The van der Waals surface area contributed by atoms with Crippen LogP contribution in [-0.4, -0.2) is 18.0 Å². The topological polar surface area (TPSA) is 3.24 Å². The van der Waals surface area contributed by atoms with Crippen molar-refractivity contribution in [1.82, 2.24) is 4.90 Å². The molecule has 2 heteroatoms. The fourth-order valence-corrected chi connectivity index (χ4v) is 2.77. The number of likely N-dealkylation sites (tertiary alicyclic amines) is 1. The van der Waals surface area contributed by atoms with E-state index in [1.807, 2.05) is 0 Å². The van der Waals surface area contributed by atoms with Crippen molar-refractivity contribution < 1.29 is 4.39 Å². The fourth-order valence-electron chi connectivity index (χ4n) is 2.77. The number of piperidine rings is 1. The summed E-state index contributed by atoms with van der Waals surface area (Å²) in [6.07, 6.45) is 3.60. The molecule has 1 fully saturated rings. The predicted molar refractivity (Wildman–Crippen MR) is 78.8 cm³/mol. The summed E-state index contributed by atoms with van der Waals surface area (Å²) in [6.45, 7) is 9.84. The van der Waals surface area contributed by atoms with E-state index in [1.165, 1.54) is 12.8 Å². The highest BCUT2D eigenvalue weighted by molar-refractivity contribution is 5.27. The molecule has 0 radical (unpaired) electrons. The Morgan fingerprint density at radius 3 is 2.58 bits per heavy atom. The highest BCUT2D eigenvalue weighted by Gasteiger charge is 2.16. The molecular formula is C17H26FN. The molecule has 1 aliphatic heterocycles. The van der Waals surface area contributed by atoms with Crippen LogP contribution in [0.3, 0.4) is 0 Å². The van der Waals surface area contributed by atoms with Gasteiger partial charge in [-0.1, -0.05) is 26.8 Å². The number of halogens is 1. The molecule has 1 atom stereocenters. The Labute approximate surface area is 116 Å². The third-order valence-electron chi connectivity index (χ3n) is 4.44. The van der Waals surface area contributed by atoms with Crippen LogP contribution >= 0.6 is 0 Å². The van der Waals surface area contributed by atoms with Crippen molar-refractivity contribution in [2.45, 2.75) is 52.5 Å². The molecule has 1 aromatic rings. The first-order chi connectivity index (χ1) is 9.08. The zero-order valence-electron chi connectivity index (χ0n) is 12.5. The van der Waals surface area contributed by atoms with Crippen molar-refractivity contribution in [2.24, 2.45) is 5.92 Å². The van der Waals surface area contributed by atoms with Crippen LogP contribution in [-0.2, 0) is 6.54 Å². The lowest BCUT2D eigenvalue weighted by molar-refractivity contribution is 0.185. The number of nitrogens with zero attached hydrogens (tertiary/aromatic N) is 1. The molecule has 1 heterocycles. The van der Waals surface area contributed by atoms with Gasteiger partial charge in [0.2, 0.25) is 0 Å². The molecule has 1 nitrogen and oxygen atoms in total. The van der Waals surface area contributed by atoms with E-state index in [0.29, 0.717) is 5.92 Å². The monoisotopic (exact) mass is 263 g/mol. The standard InChI is InChI=1S/C17H26FN/c1-4-14(3)16-9-15(10-17(18)11-16)12-19-7-5-13(2)6-8-19/h9-11,13-14H,4-8,12H2,1-3H3. The van der Waals surface area contributed by atoms with E-state index in [9.17, 15) is 4.39 Å². The summed E-state index contributed by atoms with van der Waals surface area (Å²) in [6, 6.07) is 5.58. The van der Waals surface area contributed by atoms with Gasteiger partial charge < -0.3 is 0 Å². The maximum atomic E-state index is 13.7. The second kappa shape index (κ2) is 6.51. The number of hydrogen-bond acceptors (Lipinski definition) is 1. The van der Waals surface area contributed by atoms with Gasteiger partial charge >= 0.3 is 0 Å². The SMILES string of the molecule is CCC(C)c1cc(F)cc(CN2CCC(C)CC2)c1. The lowest BCUT2D eigenvalue weighted by atomic mass is 9.95. The summed E-state index contributed by atoms with van der Waals surface area (Å²) >= 11 is 0. The van der Waals surface area contributed by atoms with E-state index >= 15 is 0 Å². The molecule has 19 heavy (non-hydrogen) atoms. The first kappa shape index (κ1) is 14.5. The quantitative estimate of drug-likeness (QED) is 0.769. The minimum Gasteiger partial charge on any atom is -0.299 e. The molecule has 0 N–H and O–H groups in total. The molecule has 0 aliphatic carbocycles. The molecule has 2 rings (SSSR count). The van der Waals surface area contributed by atoms with Crippen LogP contribution in [0.1, 0.15) is 57.1 Å². The Balaban J connectivity index is 2.05. The van der Waals surface area contributed by atoms with Gasteiger partial charge in [-0.15, -0.1) is 0 Å². The van der Waals surface area contributed by atoms with Crippen LogP contribution in [0, 0.1) is 11.7 Å². The van der Waals surface area contributed by atoms with E-state index in [4.69, 9.17) is 0 Å². The maximum Gasteiger partial charge on any atom is 0.123 e. The largest absolute Gasteiger partial charge is 0.299 e. The van der Waals surface area contributed by atoms with Gasteiger partial charge in [0.25, 0.3) is 0 Å². The Hall–Kier alpha value is -0.890. The van der Waals surface area contributed by atoms with Crippen LogP contribution in [0.15, 0.2) is 18.2 Å². The molecule has 0 spiro atoms. The van der Waals surface area contributed by atoms with Gasteiger partial charge in [0, 0.05) is 6.54 Å². The molecule has 1 aliphatic rings. The molecule has 0 aromatic heterocycles. The summed E-state index contributed by atoms with van der Waals surface area (Å²) < 4.78 is 13.7. The molecule has 106 valence electrons. The van der Waals surface area contributed by atoms with E-state index in [0.717, 1.165) is 43.1 Å². The van der Waals surface area contributed by atoms with Crippen molar-refractivity contribution in [3.05, 3.63) is 35.1 Å². The zero-order chi connectivity index (χ0) is 13.8. The Kier molecular flexibility index (Phi) is 4.98. The van der Waals surface area contributed by atoms with Gasteiger partial charge in [0.15, 0.2) is 0 Å². The van der Waals surface area contributed by atoms with Gasteiger partial charge in [-0.3, -0.25) is 4.90 Å². The average Bonchev–Trinajstić information content (AvgIpc) is 2.40. The third kappa shape index (κ3) is 4.04. The first-order valence-electron chi connectivity index (χ1n) is 7.60. The third-order valence-corrected chi connectivity index (χ3v) is 4.44. The molecule has 0 amide bonds. The lowest BCUT2D eigenvalue weighted by Gasteiger charge is -2.30. The highest BCUT2D eigenvalue weighted by atomic mass is 19.1. The summed E-state index contributed by atoms with van der Waals surface area (Å²) in [4.78, 5) is 2.45. The second-order valence-electron chi connectivity index (χ2n) is 6.16. The molecular weight excluding hydrogens is 237 g/mol. The van der Waals surface area contributed by atoms with Crippen molar-refractivity contribution in [2.75, 3.05) is 13.1 Å². The molecule has 0 saturated carbocycles. The van der Waals surface area contributed by atoms with E-state index in [-0.39, 0.29) is 5.82 Å². The smallest absolute Gasteiger partial charge is 0.123 e. The Morgan fingerprint density at radius 1 is 1.26 bits per heavy atom. The lowest BCUT2D eigenvalue weighted by Crippen LogP contribution is -2.32. The minimum absolute atomic E-state index is 0.0850. The van der Waals surface area contributed by atoms with Gasteiger partial charge in [-0.05, 0) is 67.4 Å². The highest BCUT2D eigenvalue weighted by Crippen LogP contribution is 2.23. The maximum absolute atomic E-state index is 13.7. The van der Waals surface area contributed by atoms with Crippen molar-refractivity contribution in [3.8, 4) is 0 Å². The number of rotatable bonds is 4. The van der Waals surface area contributed by atoms with E-state index in [2.05, 4.69) is 31.7 Å². The predicted octanol–water partition coefficient (Wildman–Crippen LogP) is 4.57. The van der Waals surface area contributed by atoms with Crippen molar-refractivity contribution in [3.63, 3.8) is 0 Å². The van der Waals surface area contributed by atoms with Gasteiger partial charge in [-0.2, -0.15) is 0 Å². The Bertz CT molecular complexity index is 408. The summed E-state index contributed by atoms with van der Waals surface area (Å²) in [7, 11) is 0. The van der Waals surface area contributed by atoms with Gasteiger partial charge in [0.1, 0.15) is 5.82 Å². The molecule has 1 unspecified atom stereocenters. The Morgan fingerprint density at radius 2 is 1.95 bits per heavy atom. The van der Waals surface area contributed by atoms with Crippen LogP contribution in [0.2, 0.25) is 0 Å². The number of benzene rings is 1. The average molecular weight is 263 g/mol. The van der Waals surface area contributed by atoms with Crippen LogP contribution in [0.5, 0.6) is 0 Å². The molecule has 1 aromatic carbocycles.